The predicted octanol–water partition coefficient (Wildman–Crippen LogP) is 5.32. The van der Waals surface area contributed by atoms with Crippen molar-refractivity contribution in [1.82, 2.24) is 15.0 Å². The highest BCUT2D eigenvalue weighted by atomic mass is 32.1. The average molecular weight is 402 g/mol. The molecule has 9 heteroatoms. The van der Waals surface area contributed by atoms with Crippen LogP contribution in [0.4, 0.5) is 18.3 Å². The molecule has 0 aliphatic rings. The summed E-state index contributed by atoms with van der Waals surface area (Å²) in [6.07, 6.45) is -1.09. The Morgan fingerprint density at radius 1 is 1.25 bits per heavy atom. The molecule has 0 spiro atoms. The maximum absolute atomic E-state index is 14.1. The summed E-state index contributed by atoms with van der Waals surface area (Å²) in [5.41, 5.74) is 0.396. The van der Waals surface area contributed by atoms with Crippen LogP contribution in [0, 0.1) is 12.7 Å². The van der Waals surface area contributed by atoms with E-state index in [4.69, 9.17) is 0 Å². The number of aryl methyl sites for hydroxylation is 1. The molecule has 0 radical (unpaired) electrons. The molecule has 0 saturated heterocycles. The number of halogens is 3. The van der Waals surface area contributed by atoms with Crippen LogP contribution >= 0.6 is 11.3 Å². The number of aromatic nitrogens is 3. The van der Waals surface area contributed by atoms with E-state index in [1.165, 1.54) is 35.6 Å². The van der Waals surface area contributed by atoms with Crippen LogP contribution in [0.25, 0.3) is 22.4 Å². The number of rotatable bonds is 4. The predicted molar refractivity (Wildman–Crippen MR) is 101 cm³/mol. The van der Waals surface area contributed by atoms with Gasteiger partial charge in [0.1, 0.15) is 17.2 Å². The van der Waals surface area contributed by atoms with E-state index in [1.54, 1.807) is 12.3 Å². The fourth-order valence-electron chi connectivity index (χ4n) is 2.86. The number of nitrogens with zero attached hydrogens (tertiary/aromatic N) is 2. The van der Waals surface area contributed by atoms with Gasteiger partial charge in [-0.3, -0.25) is 10.1 Å². The zero-order chi connectivity index (χ0) is 19.8. The Bertz CT molecular complexity index is 1190. The number of alkyl halides is 2. The van der Waals surface area contributed by atoms with Gasteiger partial charge in [-0.1, -0.05) is 24.3 Å². The van der Waals surface area contributed by atoms with Gasteiger partial charge in [0.25, 0.3) is 12.3 Å². The standard InChI is InChI=1S/C19H13F3N4OS/c1-9-8-23-19(28-9)26-18(27)13-6-10(20)7-14-15(13)25-17(24-14)12-5-3-2-4-11(12)16(21)22/h2-8,16H,1H3,(H,24,25)(H,23,26,27). The second-order valence-electron chi connectivity index (χ2n) is 6.05. The number of carbonyl (C=O) groups excluding carboxylic acids is 1. The molecular formula is C19H13F3N4OS. The van der Waals surface area contributed by atoms with E-state index in [0.29, 0.717) is 5.13 Å². The smallest absolute Gasteiger partial charge is 0.264 e. The normalized spacial score (nSPS) is 11.3. The Balaban J connectivity index is 1.80. The number of hydrogen-bond donors (Lipinski definition) is 2. The van der Waals surface area contributed by atoms with Gasteiger partial charge in [0.15, 0.2) is 5.13 Å². The fraction of sp³-hybridized carbons (Fsp3) is 0.105. The molecule has 4 rings (SSSR count). The van der Waals surface area contributed by atoms with Crippen molar-refractivity contribution in [3.8, 4) is 11.4 Å². The molecule has 2 aromatic heterocycles. The molecule has 28 heavy (non-hydrogen) atoms. The van der Waals surface area contributed by atoms with Crippen LogP contribution in [0.5, 0.6) is 0 Å². The molecular weight excluding hydrogens is 389 g/mol. The van der Waals surface area contributed by atoms with Gasteiger partial charge >= 0.3 is 0 Å². The van der Waals surface area contributed by atoms with Crippen molar-refractivity contribution in [2.75, 3.05) is 5.32 Å². The van der Waals surface area contributed by atoms with Crippen LogP contribution in [-0.2, 0) is 0 Å². The van der Waals surface area contributed by atoms with Gasteiger partial charge in [0, 0.05) is 22.2 Å². The fourth-order valence-corrected chi connectivity index (χ4v) is 3.52. The van der Waals surface area contributed by atoms with Crippen molar-refractivity contribution < 1.29 is 18.0 Å². The lowest BCUT2D eigenvalue weighted by Crippen LogP contribution is -2.12. The number of fused-ring (bicyclic) bond motifs is 1. The molecule has 1 amide bonds. The van der Waals surface area contributed by atoms with E-state index in [2.05, 4.69) is 20.3 Å². The molecule has 2 aromatic carbocycles. The summed E-state index contributed by atoms with van der Waals surface area (Å²) in [5.74, 6) is -1.10. The van der Waals surface area contributed by atoms with Crippen LogP contribution in [-0.4, -0.2) is 20.9 Å². The number of aromatic amines is 1. The largest absolute Gasteiger partial charge is 0.338 e. The van der Waals surface area contributed by atoms with Gasteiger partial charge in [0.2, 0.25) is 0 Å². The summed E-state index contributed by atoms with van der Waals surface area (Å²) in [6.45, 7) is 1.84. The van der Waals surface area contributed by atoms with Crippen molar-refractivity contribution in [2.24, 2.45) is 0 Å². The van der Waals surface area contributed by atoms with E-state index >= 15 is 0 Å². The van der Waals surface area contributed by atoms with Gasteiger partial charge in [-0.05, 0) is 19.1 Å². The van der Waals surface area contributed by atoms with Crippen LogP contribution in [0.1, 0.15) is 27.2 Å². The molecule has 4 aromatic rings. The van der Waals surface area contributed by atoms with Gasteiger partial charge in [-0.2, -0.15) is 0 Å². The number of carbonyl (C=O) groups is 1. The Hall–Kier alpha value is -3.20. The summed E-state index contributed by atoms with van der Waals surface area (Å²) >= 11 is 1.28. The Labute approximate surface area is 161 Å². The highest BCUT2D eigenvalue weighted by molar-refractivity contribution is 7.15. The number of amides is 1. The van der Waals surface area contributed by atoms with Crippen molar-refractivity contribution >= 4 is 33.4 Å². The number of H-pyrrole nitrogens is 1. The van der Waals surface area contributed by atoms with E-state index in [9.17, 15) is 18.0 Å². The first kappa shape index (κ1) is 18.2. The van der Waals surface area contributed by atoms with Crippen molar-refractivity contribution in [2.45, 2.75) is 13.3 Å². The molecule has 2 heterocycles. The Morgan fingerprint density at radius 3 is 2.75 bits per heavy atom. The lowest BCUT2D eigenvalue weighted by Gasteiger charge is -2.05. The number of anilines is 1. The van der Waals surface area contributed by atoms with Gasteiger partial charge < -0.3 is 4.98 Å². The second-order valence-corrected chi connectivity index (χ2v) is 7.29. The van der Waals surface area contributed by atoms with Gasteiger partial charge in [-0.25, -0.2) is 23.1 Å². The molecule has 142 valence electrons. The number of imidazole rings is 1. The zero-order valence-corrected chi connectivity index (χ0v) is 15.3. The minimum absolute atomic E-state index is 0.0140. The lowest BCUT2D eigenvalue weighted by atomic mass is 10.1. The van der Waals surface area contributed by atoms with E-state index in [-0.39, 0.29) is 33.5 Å². The van der Waals surface area contributed by atoms with Crippen LogP contribution in [0.15, 0.2) is 42.6 Å². The molecule has 0 bridgehead atoms. The maximum atomic E-state index is 14.1. The molecule has 0 fully saturated rings. The van der Waals surface area contributed by atoms with Gasteiger partial charge in [-0.15, -0.1) is 11.3 Å². The highest BCUT2D eigenvalue weighted by Crippen LogP contribution is 2.31. The Kier molecular flexibility index (Phi) is 4.60. The molecule has 5 nitrogen and oxygen atoms in total. The first-order valence-electron chi connectivity index (χ1n) is 8.23. The third-order valence-corrected chi connectivity index (χ3v) is 4.92. The van der Waals surface area contributed by atoms with Gasteiger partial charge in [0.05, 0.1) is 11.1 Å². The monoisotopic (exact) mass is 402 g/mol. The SMILES string of the molecule is Cc1cnc(NC(=O)c2cc(F)cc3[nH]c(-c4ccccc4C(F)F)nc23)s1. The molecule has 2 N–H and O–H groups in total. The summed E-state index contributed by atoms with van der Waals surface area (Å²) in [4.78, 5) is 24.7. The third-order valence-electron chi connectivity index (χ3n) is 4.09. The summed E-state index contributed by atoms with van der Waals surface area (Å²) in [6, 6.07) is 8.12. The maximum Gasteiger partial charge on any atom is 0.264 e. The number of hydrogen-bond acceptors (Lipinski definition) is 4. The number of nitrogens with one attached hydrogen (secondary N) is 2. The first-order valence-corrected chi connectivity index (χ1v) is 9.04. The van der Waals surface area contributed by atoms with E-state index in [0.717, 1.165) is 10.9 Å². The quantitative estimate of drug-likeness (QED) is 0.485. The summed E-state index contributed by atoms with van der Waals surface area (Å²) in [5, 5.41) is 2.98. The number of benzene rings is 2. The molecule has 0 atom stereocenters. The van der Waals surface area contributed by atoms with Crippen molar-refractivity contribution in [3.63, 3.8) is 0 Å². The molecule has 0 saturated carbocycles. The second kappa shape index (κ2) is 7.08. The minimum Gasteiger partial charge on any atom is -0.338 e. The zero-order valence-electron chi connectivity index (χ0n) is 14.5. The summed E-state index contributed by atoms with van der Waals surface area (Å²) < 4.78 is 40.7. The van der Waals surface area contributed by atoms with Crippen LogP contribution in [0.3, 0.4) is 0 Å². The summed E-state index contributed by atoms with van der Waals surface area (Å²) in [7, 11) is 0. The molecule has 0 unspecified atom stereocenters. The van der Waals surface area contributed by atoms with Crippen molar-refractivity contribution in [3.05, 3.63) is 64.4 Å². The van der Waals surface area contributed by atoms with Crippen LogP contribution < -0.4 is 5.32 Å². The average Bonchev–Trinajstić information content (AvgIpc) is 3.26. The van der Waals surface area contributed by atoms with E-state index < -0.39 is 18.1 Å². The lowest BCUT2D eigenvalue weighted by molar-refractivity contribution is 0.102. The molecule has 0 aliphatic heterocycles. The van der Waals surface area contributed by atoms with Crippen molar-refractivity contribution in [1.29, 1.82) is 0 Å². The van der Waals surface area contributed by atoms with Crippen LogP contribution in [0.2, 0.25) is 0 Å². The number of thiazole rings is 1. The van der Waals surface area contributed by atoms with E-state index in [1.807, 2.05) is 6.92 Å². The highest BCUT2D eigenvalue weighted by Gasteiger charge is 2.20. The molecule has 0 aliphatic carbocycles. The minimum atomic E-state index is -2.70. The Morgan fingerprint density at radius 2 is 2.04 bits per heavy atom. The topological polar surface area (TPSA) is 70.7 Å². The first-order chi connectivity index (χ1) is 13.4. The third kappa shape index (κ3) is 3.36.